The minimum absolute atomic E-state index is 0.00960. The minimum Gasteiger partial charge on any atom is -0.394 e. The first-order chi connectivity index (χ1) is 7.38. The van der Waals surface area contributed by atoms with E-state index >= 15 is 0 Å². The largest absolute Gasteiger partial charge is 0.394 e. The van der Waals surface area contributed by atoms with Crippen LogP contribution in [0.1, 0.15) is 5.56 Å². The summed E-state index contributed by atoms with van der Waals surface area (Å²) < 4.78 is 10.7. The molecule has 0 spiro atoms. The highest BCUT2D eigenvalue weighted by Crippen LogP contribution is 2.13. The second-order valence-electron chi connectivity index (χ2n) is 3.41. The summed E-state index contributed by atoms with van der Waals surface area (Å²) in [6.07, 6.45) is 3.29. The maximum absolute atomic E-state index is 8.84. The van der Waals surface area contributed by atoms with E-state index < -0.39 is 0 Å². The molecule has 0 radical (unpaired) electrons. The Morgan fingerprint density at radius 3 is 2.80 bits per heavy atom. The summed E-state index contributed by atoms with van der Waals surface area (Å²) in [5.41, 5.74) is 1.11. The molecule has 0 saturated carbocycles. The number of ether oxygens (including phenoxy) is 2. The number of aliphatic hydroxyl groups excluding tert-OH is 1. The van der Waals surface area contributed by atoms with E-state index in [1.54, 1.807) is 0 Å². The van der Waals surface area contributed by atoms with Crippen molar-refractivity contribution >= 4 is 6.08 Å². The van der Waals surface area contributed by atoms with Gasteiger partial charge in [-0.15, -0.1) is 0 Å². The van der Waals surface area contributed by atoms with Crippen LogP contribution in [-0.2, 0) is 9.47 Å². The van der Waals surface area contributed by atoms with E-state index in [-0.39, 0.29) is 19.0 Å². The lowest BCUT2D eigenvalue weighted by atomic mass is 10.2. The molecule has 1 aromatic rings. The first kappa shape index (κ1) is 10.4. The van der Waals surface area contributed by atoms with Gasteiger partial charge in [-0.25, -0.2) is 0 Å². The first-order valence-electron chi connectivity index (χ1n) is 4.99. The minimum atomic E-state index is -0.331. The Balaban J connectivity index is 1.90. The van der Waals surface area contributed by atoms with E-state index in [4.69, 9.17) is 14.6 Å². The molecular weight excluding hydrogens is 192 g/mol. The lowest BCUT2D eigenvalue weighted by Crippen LogP contribution is -2.15. The zero-order chi connectivity index (χ0) is 10.5. The highest BCUT2D eigenvalue weighted by atomic mass is 16.7. The van der Waals surface area contributed by atoms with Crippen LogP contribution in [0.2, 0.25) is 0 Å². The molecule has 3 nitrogen and oxygen atoms in total. The fourth-order valence-electron chi connectivity index (χ4n) is 1.42. The smallest absolute Gasteiger partial charge is 0.177 e. The van der Waals surface area contributed by atoms with Crippen molar-refractivity contribution in [3.63, 3.8) is 0 Å². The van der Waals surface area contributed by atoms with Crippen molar-refractivity contribution in [1.29, 1.82) is 0 Å². The molecular formula is C12H14O3. The number of benzene rings is 1. The van der Waals surface area contributed by atoms with Gasteiger partial charge in [-0.2, -0.15) is 0 Å². The average molecular weight is 206 g/mol. The molecule has 1 N–H and O–H groups in total. The molecule has 2 unspecified atom stereocenters. The molecule has 2 atom stereocenters. The highest BCUT2D eigenvalue weighted by molar-refractivity contribution is 5.48. The van der Waals surface area contributed by atoms with Crippen LogP contribution in [0.3, 0.4) is 0 Å². The Labute approximate surface area is 88.9 Å². The number of hydrogen-bond acceptors (Lipinski definition) is 3. The number of hydrogen-bond donors (Lipinski definition) is 1. The van der Waals surface area contributed by atoms with Gasteiger partial charge in [-0.1, -0.05) is 36.4 Å². The van der Waals surface area contributed by atoms with Gasteiger partial charge in [-0.3, -0.25) is 0 Å². The Morgan fingerprint density at radius 1 is 1.33 bits per heavy atom. The Kier molecular flexibility index (Phi) is 3.50. The quantitative estimate of drug-likeness (QED) is 0.813. The highest BCUT2D eigenvalue weighted by Gasteiger charge is 2.22. The van der Waals surface area contributed by atoms with E-state index in [9.17, 15) is 0 Å². The predicted molar refractivity (Wildman–Crippen MR) is 57.2 cm³/mol. The van der Waals surface area contributed by atoms with Gasteiger partial charge in [0.05, 0.1) is 13.2 Å². The summed E-state index contributed by atoms with van der Waals surface area (Å²) in [7, 11) is 0. The van der Waals surface area contributed by atoms with Gasteiger partial charge in [0.15, 0.2) is 6.29 Å². The molecule has 0 bridgehead atoms. The van der Waals surface area contributed by atoms with Crippen LogP contribution in [-0.4, -0.2) is 30.7 Å². The molecule has 15 heavy (non-hydrogen) atoms. The molecule has 2 rings (SSSR count). The molecule has 1 saturated heterocycles. The molecule has 80 valence electrons. The van der Waals surface area contributed by atoms with Crippen LogP contribution in [0.5, 0.6) is 0 Å². The zero-order valence-electron chi connectivity index (χ0n) is 8.37. The van der Waals surface area contributed by atoms with Crippen molar-refractivity contribution in [2.75, 3.05) is 13.2 Å². The summed E-state index contributed by atoms with van der Waals surface area (Å²) in [5, 5.41) is 8.84. The van der Waals surface area contributed by atoms with Crippen LogP contribution in [0.25, 0.3) is 6.08 Å². The monoisotopic (exact) mass is 206 g/mol. The van der Waals surface area contributed by atoms with Gasteiger partial charge < -0.3 is 14.6 Å². The van der Waals surface area contributed by atoms with Gasteiger partial charge in [0.25, 0.3) is 0 Å². The lowest BCUT2D eigenvalue weighted by Gasteiger charge is -2.04. The average Bonchev–Trinajstić information content (AvgIpc) is 2.76. The molecule has 1 aliphatic heterocycles. The third kappa shape index (κ3) is 2.89. The number of rotatable bonds is 3. The summed E-state index contributed by atoms with van der Waals surface area (Å²) >= 11 is 0. The molecule has 0 aliphatic carbocycles. The number of aliphatic hydroxyl groups is 1. The third-order valence-electron chi connectivity index (χ3n) is 2.22. The normalized spacial score (nSPS) is 26.2. The van der Waals surface area contributed by atoms with Crippen LogP contribution in [0, 0.1) is 0 Å². The van der Waals surface area contributed by atoms with E-state index in [1.165, 1.54) is 0 Å². The standard InChI is InChI=1S/C12H14O3/c13-8-11-9-14-12(15-11)7-6-10-4-2-1-3-5-10/h1-7,11-13H,8-9H2. The zero-order valence-corrected chi connectivity index (χ0v) is 8.37. The fourth-order valence-corrected chi connectivity index (χ4v) is 1.42. The molecule has 0 amide bonds. The molecule has 1 aromatic carbocycles. The van der Waals surface area contributed by atoms with E-state index in [2.05, 4.69) is 0 Å². The van der Waals surface area contributed by atoms with Crippen LogP contribution in [0.4, 0.5) is 0 Å². The Hall–Kier alpha value is -1.16. The van der Waals surface area contributed by atoms with E-state index in [0.29, 0.717) is 6.61 Å². The molecule has 1 aliphatic rings. The lowest BCUT2D eigenvalue weighted by molar-refractivity contribution is -0.0293. The van der Waals surface area contributed by atoms with Crippen LogP contribution in [0.15, 0.2) is 36.4 Å². The molecule has 1 fully saturated rings. The van der Waals surface area contributed by atoms with Gasteiger partial charge in [0.1, 0.15) is 6.10 Å². The summed E-state index contributed by atoms with van der Waals surface area (Å²) in [6, 6.07) is 9.95. The van der Waals surface area contributed by atoms with Gasteiger partial charge in [0, 0.05) is 0 Å². The fraction of sp³-hybridized carbons (Fsp3) is 0.333. The van der Waals surface area contributed by atoms with Crippen molar-refractivity contribution in [2.45, 2.75) is 12.4 Å². The van der Waals surface area contributed by atoms with Gasteiger partial charge >= 0.3 is 0 Å². The van der Waals surface area contributed by atoms with E-state index in [0.717, 1.165) is 5.56 Å². The SMILES string of the molecule is OCC1COC(C=Cc2ccccc2)O1. The second kappa shape index (κ2) is 5.07. The molecule has 3 heteroatoms. The Morgan fingerprint density at radius 2 is 2.13 bits per heavy atom. The van der Waals surface area contributed by atoms with Gasteiger partial charge in [0.2, 0.25) is 0 Å². The molecule has 1 heterocycles. The predicted octanol–water partition coefficient (Wildman–Crippen LogP) is 1.43. The summed E-state index contributed by atoms with van der Waals surface area (Å²) in [5.74, 6) is 0. The van der Waals surface area contributed by atoms with E-state index in [1.807, 2.05) is 42.5 Å². The maximum atomic E-state index is 8.84. The summed E-state index contributed by atoms with van der Waals surface area (Å²) in [6.45, 7) is 0.468. The van der Waals surface area contributed by atoms with Crippen molar-refractivity contribution in [1.82, 2.24) is 0 Å². The van der Waals surface area contributed by atoms with Crippen molar-refractivity contribution in [2.24, 2.45) is 0 Å². The topological polar surface area (TPSA) is 38.7 Å². The first-order valence-corrected chi connectivity index (χ1v) is 4.99. The van der Waals surface area contributed by atoms with Gasteiger partial charge in [-0.05, 0) is 11.6 Å². The third-order valence-corrected chi connectivity index (χ3v) is 2.22. The van der Waals surface area contributed by atoms with Crippen molar-refractivity contribution in [3.05, 3.63) is 42.0 Å². The maximum Gasteiger partial charge on any atom is 0.177 e. The Bertz CT molecular complexity index is 321. The van der Waals surface area contributed by atoms with Crippen molar-refractivity contribution < 1.29 is 14.6 Å². The van der Waals surface area contributed by atoms with Crippen molar-refractivity contribution in [3.8, 4) is 0 Å². The van der Waals surface area contributed by atoms with Crippen LogP contribution < -0.4 is 0 Å². The second-order valence-corrected chi connectivity index (χ2v) is 3.41. The summed E-state index contributed by atoms with van der Waals surface area (Å²) in [4.78, 5) is 0. The van der Waals surface area contributed by atoms with Crippen LogP contribution >= 0.6 is 0 Å². The molecule has 0 aromatic heterocycles.